The van der Waals surface area contributed by atoms with Gasteiger partial charge in [-0.1, -0.05) is 47.5 Å². The van der Waals surface area contributed by atoms with Crippen molar-refractivity contribution in [2.24, 2.45) is 5.73 Å². The van der Waals surface area contributed by atoms with E-state index in [2.05, 4.69) is 0 Å². The molecule has 3 heteroatoms. The fraction of sp³-hybridized carbons (Fsp3) is 0.200. The van der Waals surface area contributed by atoms with Crippen LogP contribution in [-0.4, -0.2) is 0 Å². The van der Waals surface area contributed by atoms with Crippen LogP contribution in [0.3, 0.4) is 0 Å². The Hall–Kier alpha value is -1.02. The number of hydrogen-bond donors (Lipinski definition) is 1. The van der Waals surface area contributed by atoms with Gasteiger partial charge in [0.1, 0.15) is 0 Å². The van der Waals surface area contributed by atoms with Crippen LogP contribution in [0.4, 0.5) is 0 Å². The predicted octanol–water partition coefficient (Wildman–Crippen LogP) is 4.54. The Morgan fingerprint density at radius 3 is 2.56 bits per heavy atom. The Morgan fingerprint density at radius 1 is 1.11 bits per heavy atom. The zero-order valence-corrected chi connectivity index (χ0v) is 11.7. The highest BCUT2D eigenvalue weighted by Gasteiger charge is 2.08. The van der Waals surface area contributed by atoms with Crippen LogP contribution in [0.2, 0.25) is 10.0 Å². The molecule has 1 nitrogen and oxygen atoms in total. The summed E-state index contributed by atoms with van der Waals surface area (Å²) in [7, 11) is 0. The fourth-order valence-electron chi connectivity index (χ4n) is 1.88. The average molecular weight is 280 g/mol. The van der Waals surface area contributed by atoms with Gasteiger partial charge in [-0.2, -0.15) is 0 Å². The van der Waals surface area contributed by atoms with E-state index < -0.39 is 0 Å². The van der Waals surface area contributed by atoms with Crippen LogP contribution in [0.15, 0.2) is 42.5 Å². The lowest BCUT2D eigenvalue weighted by Crippen LogP contribution is -2.13. The normalized spacial score (nSPS) is 12.4. The molecule has 0 aromatic heterocycles. The molecule has 1 atom stereocenters. The summed E-state index contributed by atoms with van der Waals surface area (Å²) >= 11 is 12.1. The van der Waals surface area contributed by atoms with Crippen molar-refractivity contribution in [1.29, 1.82) is 0 Å². The van der Waals surface area contributed by atoms with Gasteiger partial charge in [0.25, 0.3) is 0 Å². The second kappa shape index (κ2) is 5.75. The van der Waals surface area contributed by atoms with Crippen LogP contribution in [-0.2, 0) is 6.42 Å². The molecule has 0 spiro atoms. The van der Waals surface area contributed by atoms with Crippen LogP contribution >= 0.6 is 23.2 Å². The number of aryl methyl sites for hydroxylation is 1. The molecule has 0 saturated carbocycles. The van der Waals surface area contributed by atoms with E-state index in [1.165, 1.54) is 0 Å². The topological polar surface area (TPSA) is 26.0 Å². The van der Waals surface area contributed by atoms with E-state index >= 15 is 0 Å². The van der Waals surface area contributed by atoms with Crippen molar-refractivity contribution in [3.63, 3.8) is 0 Å². The molecular formula is C15H15Cl2N. The molecule has 2 aromatic carbocycles. The van der Waals surface area contributed by atoms with Crippen LogP contribution in [0.25, 0.3) is 0 Å². The summed E-state index contributed by atoms with van der Waals surface area (Å²) in [6, 6.07) is 13.7. The van der Waals surface area contributed by atoms with Gasteiger partial charge in [0, 0.05) is 16.1 Å². The van der Waals surface area contributed by atoms with E-state index in [9.17, 15) is 0 Å². The first kappa shape index (κ1) is 13.4. The van der Waals surface area contributed by atoms with Crippen LogP contribution < -0.4 is 5.73 Å². The fourth-order valence-corrected chi connectivity index (χ4v) is 2.28. The highest BCUT2D eigenvalue weighted by atomic mass is 35.5. The van der Waals surface area contributed by atoms with Gasteiger partial charge in [0.05, 0.1) is 0 Å². The Balaban J connectivity index is 2.16. The minimum atomic E-state index is -0.0680. The van der Waals surface area contributed by atoms with Crippen molar-refractivity contribution >= 4 is 23.2 Å². The molecule has 2 N–H and O–H groups in total. The summed E-state index contributed by atoms with van der Waals surface area (Å²) in [5.74, 6) is 0. The lowest BCUT2D eigenvalue weighted by Gasteiger charge is -2.13. The van der Waals surface area contributed by atoms with Gasteiger partial charge in [-0.3, -0.25) is 0 Å². The minimum Gasteiger partial charge on any atom is -0.324 e. The van der Waals surface area contributed by atoms with Crippen molar-refractivity contribution in [3.8, 4) is 0 Å². The Bertz CT molecular complexity index is 552. The molecule has 0 heterocycles. The lowest BCUT2D eigenvalue weighted by molar-refractivity contribution is 0.722. The molecule has 1 unspecified atom stereocenters. The molecule has 0 aliphatic heterocycles. The summed E-state index contributed by atoms with van der Waals surface area (Å²) in [6.07, 6.45) is 0.750. The van der Waals surface area contributed by atoms with Gasteiger partial charge in [-0.25, -0.2) is 0 Å². The third-order valence-corrected chi connectivity index (χ3v) is 3.61. The molecule has 0 amide bonds. The highest BCUT2D eigenvalue weighted by molar-refractivity contribution is 6.31. The number of rotatable bonds is 3. The first-order chi connectivity index (χ1) is 8.56. The third kappa shape index (κ3) is 3.26. The Morgan fingerprint density at radius 2 is 1.89 bits per heavy atom. The standard InChI is InChI=1S/C15H15Cl2N/c1-10-5-6-12(9-14(10)17)15(18)8-11-3-2-4-13(16)7-11/h2-7,9,15H,8,18H2,1H3. The van der Waals surface area contributed by atoms with Crippen LogP contribution in [0, 0.1) is 6.92 Å². The summed E-state index contributed by atoms with van der Waals surface area (Å²) < 4.78 is 0. The van der Waals surface area contributed by atoms with Crippen molar-refractivity contribution in [1.82, 2.24) is 0 Å². The number of halogens is 2. The number of benzene rings is 2. The van der Waals surface area contributed by atoms with Crippen LogP contribution in [0.5, 0.6) is 0 Å². The van der Waals surface area contributed by atoms with Gasteiger partial charge < -0.3 is 5.73 Å². The van der Waals surface area contributed by atoms with Gasteiger partial charge in [-0.05, 0) is 48.2 Å². The maximum Gasteiger partial charge on any atom is 0.0438 e. The number of hydrogen-bond acceptors (Lipinski definition) is 1. The van der Waals surface area contributed by atoms with Gasteiger partial charge in [-0.15, -0.1) is 0 Å². The quantitative estimate of drug-likeness (QED) is 0.877. The van der Waals surface area contributed by atoms with Crippen LogP contribution in [0.1, 0.15) is 22.7 Å². The predicted molar refractivity (Wildman–Crippen MR) is 78.3 cm³/mol. The van der Waals surface area contributed by atoms with E-state index in [1.807, 2.05) is 49.4 Å². The summed E-state index contributed by atoms with van der Waals surface area (Å²) in [6.45, 7) is 1.98. The smallest absolute Gasteiger partial charge is 0.0438 e. The molecule has 2 rings (SSSR count). The molecular weight excluding hydrogens is 265 g/mol. The Kier molecular flexibility index (Phi) is 4.28. The third-order valence-electron chi connectivity index (χ3n) is 2.97. The largest absolute Gasteiger partial charge is 0.324 e. The maximum atomic E-state index is 6.19. The van der Waals surface area contributed by atoms with Crippen molar-refractivity contribution in [2.45, 2.75) is 19.4 Å². The van der Waals surface area contributed by atoms with Crippen molar-refractivity contribution < 1.29 is 0 Å². The van der Waals surface area contributed by atoms with Gasteiger partial charge in [0.2, 0.25) is 0 Å². The molecule has 0 bridgehead atoms. The van der Waals surface area contributed by atoms with Gasteiger partial charge >= 0.3 is 0 Å². The molecule has 94 valence electrons. The first-order valence-corrected chi connectivity index (χ1v) is 6.58. The van der Waals surface area contributed by atoms with E-state index in [0.717, 1.165) is 33.2 Å². The monoisotopic (exact) mass is 279 g/mol. The molecule has 0 aliphatic carbocycles. The van der Waals surface area contributed by atoms with Crippen molar-refractivity contribution in [3.05, 3.63) is 69.2 Å². The summed E-state index contributed by atoms with van der Waals surface area (Å²) in [4.78, 5) is 0. The molecule has 2 aromatic rings. The zero-order valence-electron chi connectivity index (χ0n) is 10.2. The molecule has 0 radical (unpaired) electrons. The molecule has 0 aliphatic rings. The van der Waals surface area contributed by atoms with E-state index in [0.29, 0.717) is 0 Å². The summed E-state index contributed by atoms with van der Waals surface area (Å²) in [5.41, 5.74) is 9.44. The van der Waals surface area contributed by atoms with E-state index in [1.54, 1.807) is 0 Å². The maximum absolute atomic E-state index is 6.19. The first-order valence-electron chi connectivity index (χ1n) is 5.82. The molecule has 0 fully saturated rings. The number of nitrogens with two attached hydrogens (primary N) is 1. The highest BCUT2D eigenvalue weighted by Crippen LogP contribution is 2.23. The van der Waals surface area contributed by atoms with E-state index in [-0.39, 0.29) is 6.04 Å². The Labute approximate surface area is 118 Å². The van der Waals surface area contributed by atoms with E-state index in [4.69, 9.17) is 28.9 Å². The second-order valence-electron chi connectivity index (χ2n) is 4.45. The van der Waals surface area contributed by atoms with Crippen molar-refractivity contribution in [2.75, 3.05) is 0 Å². The minimum absolute atomic E-state index is 0.0680. The zero-order chi connectivity index (χ0) is 13.1. The summed E-state index contributed by atoms with van der Waals surface area (Å²) in [5, 5.41) is 1.50. The molecule has 18 heavy (non-hydrogen) atoms. The second-order valence-corrected chi connectivity index (χ2v) is 5.29. The average Bonchev–Trinajstić information content (AvgIpc) is 2.32. The SMILES string of the molecule is Cc1ccc(C(N)Cc2cccc(Cl)c2)cc1Cl. The molecule has 0 saturated heterocycles. The lowest BCUT2D eigenvalue weighted by atomic mass is 9.99. The van der Waals surface area contributed by atoms with Gasteiger partial charge in [0.15, 0.2) is 0 Å².